The third-order valence-corrected chi connectivity index (χ3v) is 4.81. The van der Waals surface area contributed by atoms with E-state index in [9.17, 15) is 9.59 Å². The zero-order valence-electron chi connectivity index (χ0n) is 19.4. The molecule has 0 bridgehead atoms. The van der Waals surface area contributed by atoms with Crippen LogP contribution in [0, 0.1) is 5.41 Å². The van der Waals surface area contributed by atoms with Gasteiger partial charge in [-0.15, -0.1) is 0 Å². The summed E-state index contributed by atoms with van der Waals surface area (Å²) in [6.07, 6.45) is 4.23. The van der Waals surface area contributed by atoms with Crippen LogP contribution in [0.15, 0.2) is 41.2 Å². The zero-order valence-corrected chi connectivity index (χ0v) is 19.4. The third-order valence-electron chi connectivity index (χ3n) is 4.81. The summed E-state index contributed by atoms with van der Waals surface area (Å²) in [5, 5.41) is 14.0. The van der Waals surface area contributed by atoms with Crippen LogP contribution in [-0.2, 0) is 9.53 Å². The molecule has 0 unspecified atom stereocenters. The standard InChI is InChI=1S/C23H29N5O5/c1-23(2,3)33-22(30)26-15-12-28(13-15)21(29)16(24)11-20-25-9-8-17(27-20)14-6-7-18(31-4)19(10-14)32-5/h6-11,15,24,27H,12-13H2,1-5H3,(H,26,30)/b20-11-,24-16?. The predicted octanol–water partition coefficient (Wildman–Crippen LogP) is 2.32. The Hall–Kier alpha value is -3.82. The van der Waals surface area contributed by atoms with Crippen molar-refractivity contribution < 1.29 is 23.8 Å². The highest BCUT2D eigenvalue weighted by molar-refractivity contribution is 6.42. The second-order valence-electron chi connectivity index (χ2n) is 8.55. The van der Waals surface area contributed by atoms with Gasteiger partial charge in [0.25, 0.3) is 5.91 Å². The molecule has 0 saturated carbocycles. The van der Waals surface area contributed by atoms with Crippen molar-refractivity contribution in [3.05, 3.63) is 41.7 Å². The minimum Gasteiger partial charge on any atom is -0.493 e. The number of rotatable bonds is 6. The van der Waals surface area contributed by atoms with Gasteiger partial charge in [-0.3, -0.25) is 10.2 Å². The van der Waals surface area contributed by atoms with Crippen LogP contribution in [0.3, 0.4) is 0 Å². The van der Waals surface area contributed by atoms with E-state index in [4.69, 9.17) is 19.6 Å². The lowest BCUT2D eigenvalue weighted by molar-refractivity contribution is -0.128. The second-order valence-corrected chi connectivity index (χ2v) is 8.55. The van der Waals surface area contributed by atoms with Gasteiger partial charge in [0.05, 0.1) is 20.3 Å². The number of carbonyl (C=O) groups is 2. The molecule has 10 heteroatoms. The molecule has 176 valence electrons. The lowest BCUT2D eigenvalue weighted by Crippen LogP contribution is -2.62. The number of alkyl carbamates (subject to hydrolysis) is 1. The van der Waals surface area contributed by atoms with Crippen LogP contribution in [0.4, 0.5) is 4.79 Å². The first-order valence-electron chi connectivity index (χ1n) is 10.4. The van der Waals surface area contributed by atoms with E-state index in [-0.39, 0.29) is 11.8 Å². The largest absolute Gasteiger partial charge is 0.493 e. The SMILES string of the molecule is COc1ccc(C2=CC=N/C(=C/C(=N)C(=O)N3CC(NC(=O)OC(C)(C)C)C3)N2)cc1OC. The molecule has 0 atom stereocenters. The Bertz CT molecular complexity index is 1030. The van der Waals surface area contributed by atoms with Crippen LogP contribution in [0.25, 0.3) is 5.70 Å². The Morgan fingerprint density at radius 3 is 2.55 bits per heavy atom. The van der Waals surface area contributed by atoms with E-state index in [0.29, 0.717) is 30.4 Å². The predicted molar refractivity (Wildman–Crippen MR) is 125 cm³/mol. The number of aliphatic imine (C=N–C) groups is 1. The number of methoxy groups -OCH3 is 2. The molecule has 3 rings (SSSR count). The average molecular weight is 456 g/mol. The van der Waals surface area contributed by atoms with Gasteiger partial charge in [-0.25, -0.2) is 9.79 Å². The van der Waals surface area contributed by atoms with E-state index in [1.165, 1.54) is 11.0 Å². The van der Waals surface area contributed by atoms with Gasteiger partial charge in [-0.1, -0.05) is 0 Å². The van der Waals surface area contributed by atoms with E-state index in [1.807, 2.05) is 12.1 Å². The first-order chi connectivity index (χ1) is 15.6. The summed E-state index contributed by atoms with van der Waals surface area (Å²) in [5.41, 5.74) is 0.776. The summed E-state index contributed by atoms with van der Waals surface area (Å²) in [7, 11) is 3.13. The zero-order chi connectivity index (χ0) is 24.2. The van der Waals surface area contributed by atoms with Crippen LogP contribution in [0.1, 0.15) is 26.3 Å². The van der Waals surface area contributed by atoms with Gasteiger partial charge in [-0.2, -0.15) is 0 Å². The Balaban J connectivity index is 1.56. The summed E-state index contributed by atoms with van der Waals surface area (Å²) in [4.78, 5) is 30.1. The lowest BCUT2D eigenvalue weighted by Gasteiger charge is -2.39. The van der Waals surface area contributed by atoms with E-state index >= 15 is 0 Å². The maximum absolute atomic E-state index is 12.6. The van der Waals surface area contributed by atoms with Crippen LogP contribution < -0.4 is 20.1 Å². The van der Waals surface area contributed by atoms with Crippen molar-refractivity contribution in [2.24, 2.45) is 4.99 Å². The van der Waals surface area contributed by atoms with E-state index in [0.717, 1.165) is 11.3 Å². The normalized spacial score (nSPS) is 16.9. The Labute approximate surface area is 192 Å². The molecule has 1 aromatic carbocycles. The van der Waals surface area contributed by atoms with Crippen LogP contribution in [0.2, 0.25) is 0 Å². The average Bonchev–Trinajstić information content (AvgIpc) is 2.73. The number of nitrogens with one attached hydrogen (secondary N) is 3. The quantitative estimate of drug-likeness (QED) is 0.566. The first-order valence-corrected chi connectivity index (χ1v) is 10.4. The van der Waals surface area contributed by atoms with Crippen molar-refractivity contribution >= 4 is 29.6 Å². The van der Waals surface area contributed by atoms with Crippen molar-refractivity contribution in [1.29, 1.82) is 5.41 Å². The highest BCUT2D eigenvalue weighted by Gasteiger charge is 2.34. The van der Waals surface area contributed by atoms with Crippen LogP contribution >= 0.6 is 0 Å². The number of benzene rings is 1. The van der Waals surface area contributed by atoms with Gasteiger partial charge in [0.2, 0.25) is 0 Å². The van der Waals surface area contributed by atoms with Gasteiger partial charge < -0.3 is 29.7 Å². The molecule has 33 heavy (non-hydrogen) atoms. The molecule has 2 aliphatic rings. The number of hydrogen-bond acceptors (Lipinski definition) is 8. The Morgan fingerprint density at radius 1 is 1.21 bits per heavy atom. The molecule has 0 spiro atoms. The fourth-order valence-corrected chi connectivity index (χ4v) is 3.23. The Kier molecular flexibility index (Phi) is 7.05. The summed E-state index contributed by atoms with van der Waals surface area (Å²) in [6.45, 7) is 5.98. The topological polar surface area (TPSA) is 125 Å². The maximum atomic E-state index is 12.6. The highest BCUT2D eigenvalue weighted by atomic mass is 16.6. The maximum Gasteiger partial charge on any atom is 0.407 e. The molecular formula is C23H29N5O5. The molecule has 0 aliphatic carbocycles. The van der Waals surface area contributed by atoms with E-state index in [1.54, 1.807) is 53.3 Å². The minimum absolute atomic E-state index is 0.199. The van der Waals surface area contributed by atoms with Crippen LogP contribution in [-0.4, -0.2) is 67.8 Å². The fraction of sp³-hybridized carbons (Fsp3) is 0.391. The van der Waals surface area contributed by atoms with Gasteiger partial charge >= 0.3 is 6.09 Å². The number of nitrogens with zero attached hydrogens (tertiary/aromatic N) is 2. The van der Waals surface area contributed by atoms with Crippen molar-refractivity contribution in [3.8, 4) is 11.5 Å². The molecule has 10 nitrogen and oxygen atoms in total. The molecule has 3 N–H and O–H groups in total. The van der Waals surface area contributed by atoms with Gasteiger partial charge in [0.1, 0.15) is 17.1 Å². The molecule has 2 amide bonds. The number of ether oxygens (including phenoxy) is 3. The monoisotopic (exact) mass is 455 g/mol. The summed E-state index contributed by atoms with van der Waals surface area (Å²) < 4.78 is 15.8. The molecule has 0 aromatic heterocycles. The smallest absolute Gasteiger partial charge is 0.407 e. The van der Waals surface area contributed by atoms with Crippen molar-refractivity contribution in [2.45, 2.75) is 32.4 Å². The fourth-order valence-electron chi connectivity index (χ4n) is 3.23. The minimum atomic E-state index is -0.588. The molecule has 2 heterocycles. The summed E-state index contributed by atoms with van der Waals surface area (Å²) in [5.74, 6) is 1.12. The summed E-state index contributed by atoms with van der Waals surface area (Å²) >= 11 is 0. The van der Waals surface area contributed by atoms with Crippen LogP contribution in [0.5, 0.6) is 11.5 Å². The lowest BCUT2D eigenvalue weighted by atomic mass is 10.1. The Morgan fingerprint density at radius 2 is 1.91 bits per heavy atom. The first kappa shape index (κ1) is 23.8. The molecule has 2 aliphatic heterocycles. The van der Waals surface area contributed by atoms with Crippen molar-refractivity contribution in [2.75, 3.05) is 27.3 Å². The molecule has 1 aromatic rings. The van der Waals surface area contributed by atoms with Gasteiger partial charge in [0, 0.05) is 36.6 Å². The molecule has 0 radical (unpaired) electrons. The van der Waals surface area contributed by atoms with E-state index in [2.05, 4.69) is 15.6 Å². The summed E-state index contributed by atoms with van der Waals surface area (Å²) in [6, 6.07) is 5.28. The van der Waals surface area contributed by atoms with Gasteiger partial charge in [0.15, 0.2) is 11.5 Å². The second kappa shape index (κ2) is 9.76. The third kappa shape index (κ3) is 6.12. The van der Waals surface area contributed by atoms with Gasteiger partial charge in [-0.05, 0) is 45.0 Å². The van der Waals surface area contributed by atoms with Crippen molar-refractivity contribution in [3.63, 3.8) is 0 Å². The molecule has 1 saturated heterocycles. The molecular weight excluding hydrogens is 426 g/mol. The number of allylic oxidation sites excluding steroid dienone is 1. The molecule has 1 fully saturated rings. The van der Waals surface area contributed by atoms with Crippen molar-refractivity contribution in [1.82, 2.24) is 15.5 Å². The number of amides is 2. The van der Waals surface area contributed by atoms with E-state index < -0.39 is 17.6 Å². The number of hydrogen-bond donors (Lipinski definition) is 3. The number of carbonyl (C=O) groups excluding carboxylic acids is 2. The number of likely N-dealkylation sites (tertiary alicyclic amines) is 1. The highest BCUT2D eigenvalue weighted by Crippen LogP contribution is 2.30.